The minimum Gasteiger partial charge on any atom is -0.325 e. The summed E-state index contributed by atoms with van der Waals surface area (Å²) in [7, 11) is 0. The first kappa shape index (κ1) is 21.4. The fourth-order valence-corrected chi connectivity index (χ4v) is 4.64. The Morgan fingerprint density at radius 3 is 2.76 bits per heavy atom. The summed E-state index contributed by atoms with van der Waals surface area (Å²) in [6.07, 6.45) is 3.01. The second kappa shape index (κ2) is 8.59. The molecule has 29 heavy (non-hydrogen) atoms. The van der Waals surface area contributed by atoms with Crippen LogP contribution in [-0.4, -0.2) is 16.1 Å². The summed E-state index contributed by atoms with van der Waals surface area (Å²) >= 11 is 1.36. The average molecular weight is 408 g/mol. The lowest BCUT2D eigenvalue weighted by Gasteiger charge is -2.34. The molecule has 0 radical (unpaired) electrons. The van der Waals surface area contributed by atoms with Gasteiger partial charge in [-0.1, -0.05) is 44.7 Å². The number of benzene rings is 1. The molecule has 1 aromatic heterocycles. The lowest BCUT2D eigenvalue weighted by molar-refractivity contribution is -0.115. The number of hydrogen-bond donors (Lipinski definition) is 1. The quantitative estimate of drug-likeness (QED) is 0.677. The number of aromatic nitrogens is 1. The Hall–Kier alpha value is -2.32. The zero-order chi connectivity index (χ0) is 21.2. The van der Waals surface area contributed by atoms with Crippen LogP contribution in [0.1, 0.15) is 56.5 Å². The highest BCUT2D eigenvalue weighted by Crippen LogP contribution is 2.38. The molecule has 1 aliphatic rings. The summed E-state index contributed by atoms with van der Waals surface area (Å²) in [6.45, 7) is 10.7. The topological polar surface area (TPSA) is 65.8 Å². The third-order valence-corrected chi connectivity index (χ3v) is 6.74. The van der Waals surface area contributed by atoms with Crippen molar-refractivity contribution in [2.45, 2.75) is 64.2 Å². The lowest BCUT2D eigenvalue weighted by atomic mass is 9.71. The van der Waals surface area contributed by atoms with E-state index in [4.69, 9.17) is 4.98 Å². The Kier molecular flexibility index (Phi) is 6.33. The maximum atomic E-state index is 12.6. The van der Waals surface area contributed by atoms with Crippen LogP contribution in [0.3, 0.4) is 0 Å². The summed E-state index contributed by atoms with van der Waals surface area (Å²) in [6, 6.07) is 12.0. The summed E-state index contributed by atoms with van der Waals surface area (Å²) in [4.78, 5) is 17.4. The van der Waals surface area contributed by atoms with E-state index in [1.807, 2.05) is 44.2 Å². The summed E-state index contributed by atoms with van der Waals surface area (Å²) < 4.78 is 0. The Labute approximate surface area is 178 Å². The van der Waals surface area contributed by atoms with Crippen LogP contribution in [0.5, 0.6) is 0 Å². The van der Waals surface area contributed by atoms with E-state index < -0.39 is 0 Å². The predicted octanol–water partition coefficient (Wildman–Crippen LogP) is 5.53. The van der Waals surface area contributed by atoms with Crippen LogP contribution in [-0.2, 0) is 17.6 Å². The molecule has 5 heteroatoms. The zero-order valence-electron chi connectivity index (χ0n) is 17.9. The van der Waals surface area contributed by atoms with E-state index >= 15 is 0 Å². The molecule has 0 saturated carbocycles. The fourth-order valence-electron chi connectivity index (χ4n) is 3.74. The number of anilines is 1. The van der Waals surface area contributed by atoms with Crippen LogP contribution in [0.25, 0.3) is 0 Å². The Bertz CT molecular complexity index is 956. The first-order valence-corrected chi connectivity index (χ1v) is 11.0. The molecule has 1 N–H and O–H groups in total. The predicted molar refractivity (Wildman–Crippen MR) is 119 cm³/mol. The Morgan fingerprint density at radius 1 is 1.34 bits per heavy atom. The minimum atomic E-state index is -0.348. The van der Waals surface area contributed by atoms with Crippen molar-refractivity contribution in [3.63, 3.8) is 0 Å². The molecular weight excluding hydrogens is 378 g/mol. The normalized spacial score (nSPS) is 17.2. The van der Waals surface area contributed by atoms with Gasteiger partial charge in [0.05, 0.1) is 10.8 Å². The van der Waals surface area contributed by atoms with Gasteiger partial charge in [-0.15, -0.1) is 0 Å². The van der Waals surface area contributed by atoms with Crippen LogP contribution in [0.4, 0.5) is 5.69 Å². The van der Waals surface area contributed by atoms with Gasteiger partial charge >= 0.3 is 0 Å². The van der Waals surface area contributed by atoms with Gasteiger partial charge in [-0.2, -0.15) is 5.26 Å². The molecule has 152 valence electrons. The van der Waals surface area contributed by atoms with Gasteiger partial charge < -0.3 is 5.32 Å². The molecule has 2 aromatic rings. The summed E-state index contributed by atoms with van der Waals surface area (Å²) in [5.74, 6) is 0.512. The van der Waals surface area contributed by atoms with Gasteiger partial charge in [0.15, 0.2) is 0 Å². The van der Waals surface area contributed by atoms with E-state index in [2.05, 4.69) is 32.2 Å². The lowest BCUT2D eigenvalue weighted by Crippen LogP contribution is -2.27. The molecule has 2 atom stereocenters. The Morgan fingerprint density at radius 2 is 2.10 bits per heavy atom. The molecule has 0 spiro atoms. The van der Waals surface area contributed by atoms with Crippen molar-refractivity contribution in [3.8, 4) is 6.07 Å². The van der Waals surface area contributed by atoms with Gasteiger partial charge in [-0.05, 0) is 73.8 Å². The molecule has 3 rings (SSSR count). The van der Waals surface area contributed by atoms with E-state index in [1.54, 1.807) is 0 Å². The maximum absolute atomic E-state index is 12.6. The molecule has 4 nitrogen and oxygen atoms in total. The molecule has 1 heterocycles. The molecule has 1 aromatic carbocycles. The van der Waals surface area contributed by atoms with Gasteiger partial charge in [-0.25, -0.2) is 4.98 Å². The van der Waals surface area contributed by atoms with Gasteiger partial charge in [0.25, 0.3) is 0 Å². The number of rotatable bonds is 4. The van der Waals surface area contributed by atoms with Crippen molar-refractivity contribution in [2.24, 2.45) is 11.3 Å². The molecule has 0 saturated heterocycles. The number of fused-ring (bicyclic) bond motifs is 1. The highest BCUT2D eigenvalue weighted by molar-refractivity contribution is 8.00. The van der Waals surface area contributed by atoms with Gasteiger partial charge in [0.2, 0.25) is 5.91 Å². The maximum Gasteiger partial charge on any atom is 0.237 e. The molecule has 0 bridgehead atoms. The molecule has 0 aliphatic heterocycles. The van der Waals surface area contributed by atoms with Crippen molar-refractivity contribution < 1.29 is 4.79 Å². The van der Waals surface area contributed by atoms with Crippen molar-refractivity contribution in [1.82, 2.24) is 4.98 Å². The van der Waals surface area contributed by atoms with Crippen molar-refractivity contribution in [3.05, 3.63) is 52.7 Å². The molecular formula is C24H29N3OS. The molecule has 1 aliphatic carbocycles. The first-order valence-electron chi connectivity index (χ1n) is 10.1. The number of pyridine rings is 1. The number of thioether (sulfide) groups is 1. The monoisotopic (exact) mass is 407 g/mol. The van der Waals surface area contributed by atoms with Crippen LogP contribution >= 0.6 is 11.8 Å². The van der Waals surface area contributed by atoms with Crippen LogP contribution < -0.4 is 5.32 Å². The fraction of sp³-hybridized carbons (Fsp3) is 0.458. The number of nitriles is 1. The third kappa shape index (κ3) is 5.19. The number of carbonyl (C=O) groups excluding carboxylic acids is 1. The largest absolute Gasteiger partial charge is 0.325 e. The van der Waals surface area contributed by atoms with E-state index in [0.717, 1.165) is 36.2 Å². The number of aryl methyl sites for hydroxylation is 2. The Balaban J connectivity index is 1.75. The van der Waals surface area contributed by atoms with Crippen LogP contribution in [0.15, 0.2) is 35.4 Å². The van der Waals surface area contributed by atoms with Crippen LogP contribution in [0.2, 0.25) is 0 Å². The van der Waals surface area contributed by atoms with Crippen molar-refractivity contribution in [2.75, 3.05) is 5.32 Å². The highest BCUT2D eigenvalue weighted by Gasteiger charge is 2.30. The van der Waals surface area contributed by atoms with Gasteiger partial charge in [0, 0.05) is 11.4 Å². The highest BCUT2D eigenvalue weighted by atomic mass is 32.2. The van der Waals surface area contributed by atoms with E-state index in [9.17, 15) is 10.1 Å². The van der Waals surface area contributed by atoms with E-state index in [-0.39, 0.29) is 16.6 Å². The number of hydrogen-bond acceptors (Lipinski definition) is 4. The van der Waals surface area contributed by atoms with Crippen molar-refractivity contribution in [1.29, 1.82) is 5.26 Å². The molecule has 0 fully saturated rings. The summed E-state index contributed by atoms with van der Waals surface area (Å²) in [5, 5.41) is 12.9. The van der Waals surface area contributed by atoms with Crippen molar-refractivity contribution >= 4 is 23.4 Å². The molecule has 1 amide bonds. The van der Waals surface area contributed by atoms with E-state index in [0.29, 0.717) is 16.5 Å². The van der Waals surface area contributed by atoms with Gasteiger partial charge in [0.1, 0.15) is 11.1 Å². The average Bonchev–Trinajstić information content (AvgIpc) is 2.66. The third-order valence-electron chi connectivity index (χ3n) is 5.64. The van der Waals surface area contributed by atoms with Crippen LogP contribution in [0, 0.1) is 29.6 Å². The minimum absolute atomic E-state index is 0.0863. The SMILES string of the molecule is Cc1cccc(NC(=O)C(C)Sc2nc3c(cc2C#N)CC(C(C)(C)C)CC3)c1. The van der Waals surface area contributed by atoms with Gasteiger partial charge in [-0.3, -0.25) is 4.79 Å². The number of nitrogens with one attached hydrogen (secondary N) is 1. The first-order chi connectivity index (χ1) is 13.7. The number of amides is 1. The zero-order valence-corrected chi connectivity index (χ0v) is 18.7. The molecule has 2 unspecified atom stereocenters. The number of carbonyl (C=O) groups is 1. The van der Waals surface area contributed by atoms with E-state index in [1.165, 1.54) is 17.3 Å². The summed E-state index contributed by atoms with van der Waals surface area (Å²) in [5.41, 5.74) is 4.97. The second-order valence-corrected chi connectivity index (χ2v) is 10.3. The standard InChI is InChI=1S/C24H29N3OS/c1-15-7-6-8-20(11-15)26-22(28)16(2)29-23-18(14-25)12-17-13-19(24(3,4)5)9-10-21(17)27-23/h6-8,11-12,16,19H,9-10,13H2,1-5H3,(H,26,28). The smallest absolute Gasteiger partial charge is 0.237 e. The number of nitrogens with zero attached hydrogens (tertiary/aromatic N) is 2. The second-order valence-electron chi connectivity index (χ2n) is 8.98.